The van der Waals surface area contributed by atoms with E-state index in [-0.39, 0.29) is 24.5 Å². The number of aromatic hydroxyl groups is 1. The van der Waals surface area contributed by atoms with Gasteiger partial charge in [0.1, 0.15) is 12.2 Å². The molecule has 1 aliphatic rings. The Morgan fingerprint density at radius 3 is 2.75 bits per heavy atom. The molecular weight excluding hydrogens is 455 g/mol. The zero-order valence-corrected chi connectivity index (χ0v) is 18.9. The summed E-state index contributed by atoms with van der Waals surface area (Å²) in [5.41, 5.74) is -0.845. The van der Waals surface area contributed by atoms with Crippen LogP contribution in [0.1, 0.15) is 46.2 Å². The van der Waals surface area contributed by atoms with E-state index in [1.165, 1.54) is 15.8 Å². The highest BCUT2D eigenvalue weighted by Crippen LogP contribution is 2.25. The maximum absolute atomic E-state index is 12.8. The number of nitrogens with zero attached hydrogens (tertiary/aromatic N) is 3. The molecule has 1 aliphatic heterocycles. The minimum atomic E-state index is -0.930. The van der Waals surface area contributed by atoms with Crippen LogP contribution in [0, 0.1) is 12.3 Å². The van der Waals surface area contributed by atoms with Crippen LogP contribution in [0.3, 0.4) is 0 Å². The van der Waals surface area contributed by atoms with E-state index in [4.69, 9.17) is 29.6 Å². The summed E-state index contributed by atoms with van der Waals surface area (Å²) in [5, 5.41) is 15.5. The molecule has 10 heteroatoms. The lowest BCUT2D eigenvalue weighted by molar-refractivity contribution is 0.0695. The van der Waals surface area contributed by atoms with E-state index in [2.05, 4.69) is 11.2 Å². The van der Waals surface area contributed by atoms with E-state index < -0.39 is 23.0 Å². The second-order valence-corrected chi connectivity index (χ2v) is 7.93. The molecule has 0 unspecified atom stereocenters. The molecule has 0 spiro atoms. The van der Waals surface area contributed by atoms with Gasteiger partial charge in [0.05, 0.1) is 10.0 Å². The Morgan fingerprint density at radius 1 is 1.31 bits per heavy atom. The number of terminal acetylenes is 1. The first-order chi connectivity index (χ1) is 15.3. The fourth-order valence-corrected chi connectivity index (χ4v) is 3.78. The number of nitrogens with one attached hydrogen (secondary N) is 1. The van der Waals surface area contributed by atoms with Crippen LogP contribution in [0.25, 0.3) is 0 Å². The van der Waals surface area contributed by atoms with E-state index in [1.54, 1.807) is 30.1 Å². The smallest absolute Gasteiger partial charge is 0.277 e. The Hall–Kier alpha value is -3.15. The van der Waals surface area contributed by atoms with Gasteiger partial charge in [0.25, 0.3) is 11.8 Å². The number of pyridine rings is 1. The van der Waals surface area contributed by atoms with E-state index in [1.807, 2.05) is 0 Å². The molecule has 2 amide bonds. The zero-order chi connectivity index (χ0) is 23.4. The summed E-state index contributed by atoms with van der Waals surface area (Å²) in [5.74, 6) is 0.572. The Labute approximate surface area is 195 Å². The van der Waals surface area contributed by atoms with Crippen molar-refractivity contribution < 1.29 is 14.7 Å². The topological polar surface area (TPSA) is 94.9 Å². The maximum Gasteiger partial charge on any atom is 0.277 e. The Balaban J connectivity index is 1.95. The molecule has 1 aromatic carbocycles. The first-order valence-corrected chi connectivity index (χ1v) is 10.7. The number of fused-ring (bicyclic) bond motifs is 1. The number of unbranched alkanes of at least 4 members (excludes halogenated alkanes) is 1. The van der Waals surface area contributed by atoms with Crippen molar-refractivity contribution in [3.05, 3.63) is 61.5 Å². The minimum absolute atomic E-state index is 0.0224. The molecule has 2 aromatic rings. The number of hydrogen-bond donors (Lipinski definition) is 2. The van der Waals surface area contributed by atoms with Crippen molar-refractivity contribution in [1.29, 1.82) is 0 Å². The first kappa shape index (κ1) is 23.5. The molecule has 2 N–H and O–H groups in total. The minimum Gasteiger partial charge on any atom is -0.502 e. The second kappa shape index (κ2) is 9.98. The number of amides is 2. The average molecular weight is 477 g/mol. The van der Waals surface area contributed by atoms with E-state index in [9.17, 15) is 19.5 Å². The molecule has 0 saturated heterocycles. The molecule has 168 valence electrons. The number of hydrogen-bond acceptors (Lipinski definition) is 5. The van der Waals surface area contributed by atoms with Gasteiger partial charge in [0.15, 0.2) is 11.4 Å². The summed E-state index contributed by atoms with van der Waals surface area (Å²) >= 11 is 12.1. The monoisotopic (exact) mass is 476 g/mol. The van der Waals surface area contributed by atoms with Crippen molar-refractivity contribution in [2.24, 2.45) is 0 Å². The van der Waals surface area contributed by atoms with Crippen molar-refractivity contribution in [2.45, 2.75) is 26.3 Å². The molecule has 0 atom stereocenters. The fraction of sp³-hybridized carbons (Fsp3) is 0.318. The van der Waals surface area contributed by atoms with Crippen molar-refractivity contribution >= 4 is 35.0 Å². The van der Waals surface area contributed by atoms with Crippen LogP contribution >= 0.6 is 23.2 Å². The fourth-order valence-electron chi connectivity index (χ4n) is 3.39. The highest BCUT2D eigenvalue weighted by Gasteiger charge is 2.33. The predicted octanol–water partition coefficient (Wildman–Crippen LogP) is 2.58. The Kier molecular flexibility index (Phi) is 7.33. The highest BCUT2D eigenvalue weighted by atomic mass is 35.5. The Bertz CT molecular complexity index is 1160. The first-order valence-electron chi connectivity index (χ1n) is 9.97. The molecule has 0 saturated carbocycles. The van der Waals surface area contributed by atoms with Gasteiger partial charge in [-0.15, -0.1) is 12.3 Å². The predicted molar refractivity (Wildman–Crippen MR) is 123 cm³/mol. The number of aromatic nitrogens is 1. The third-order valence-electron chi connectivity index (χ3n) is 5.13. The molecule has 32 heavy (non-hydrogen) atoms. The van der Waals surface area contributed by atoms with E-state index in [0.29, 0.717) is 41.5 Å². The summed E-state index contributed by atoms with van der Waals surface area (Å²) in [6.45, 7) is 2.90. The van der Waals surface area contributed by atoms with Gasteiger partial charge in [-0.25, -0.2) is 0 Å². The normalized spacial score (nSPS) is 13.0. The lowest BCUT2D eigenvalue weighted by Crippen LogP contribution is -2.54. The molecule has 1 aromatic heterocycles. The SMILES string of the molecule is C#CCCCN1CN(CC)C(=O)c2c(O)c(=O)c(C(=O)NCc3cccc(Cl)c3Cl)cn21. The molecule has 0 fully saturated rings. The number of halogens is 2. The van der Waals surface area contributed by atoms with Crippen LogP contribution < -0.4 is 15.8 Å². The van der Waals surface area contributed by atoms with Gasteiger partial charge in [0, 0.05) is 32.3 Å². The molecule has 2 heterocycles. The standard InChI is InChI=1S/C22H22Cl2N4O4/c1-3-5-6-10-27-13-26(4-2)22(32)18-20(30)19(29)15(12-28(18)27)21(31)25-11-14-8-7-9-16(23)17(14)24/h1,7-9,12,30H,4-6,10-11,13H2,2H3,(H,25,31). The van der Waals surface area contributed by atoms with Gasteiger partial charge < -0.3 is 15.3 Å². The largest absolute Gasteiger partial charge is 0.502 e. The van der Waals surface area contributed by atoms with Crippen molar-refractivity contribution in [1.82, 2.24) is 14.9 Å². The summed E-state index contributed by atoms with van der Waals surface area (Å²) < 4.78 is 1.36. The van der Waals surface area contributed by atoms with E-state index in [0.717, 1.165) is 0 Å². The number of carbonyl (C=O) groups is 2. The maximum atomic E-state index is 12.8. The number of carbonyl (C=O) groups excluding carboxylic acids is 2. The van der Waals surface area contributed by atoms with Crippen molar-refractivity contribution in [3.8, 4) is 18.1 Å². The molecule has 0 radical (unpaired) electrons. The van der Waals surface area contributed by atoms with Gasteiger partial charge in [0.2, 0.25) is 5.43 Å². The molecule has 8 nitrogen and oxygen atoms in total. The molecule has 0 aliphatic carbocycles. The highest BCUT2D eigenvalue weighted by molar-refractivity contribution is 6.42. The second-order valence-electron chi connectivity index (χ2n) is 7.15. The molecule has 3 rings (SSSR count). The summed E-state index contributed by atoms with van der Waals surface area (Å²) in [4.78, 5) is 39.8. The van der Waals surface area contributed by atoms with Crippen LogP contribution in [0.15, 0.2) is 29.2 Å². The Morgan fingerprint density at radius 2 is 2.06 bits per heavy atom. The number of rotatable bonds is 7. The molecule has 0 bridgehead atoms. The lowest BCUT2D eigenvalue weighted by Gasteiger charge is -2.39. The van der Waals surface area contributed by atoms with Crippen LogP contribution in [-0.2, 0) is 6.54 Å². The quantitative estimate of drug-likeness (QED) is 0.472. The van der Waals surface area contributed by atoms with Crippen LogP contribution in [0.2, 0.25) is 10.0 Å². The van der Waals surface area contributed by atoms with Gasteiger partial charge in [-0.1, -0.05) is 35.3 Å². The number of benzene rings is 1. The lowest BCUT2D eigenvalue weighted by atomic mass is 10.1. The van der Waals surface area contributed by atoms with Crippen LogP contribution in [-0.4, -0.2) is 46.3 Å². The average Bonchev–Trinajstić information content (AvgIpc) is 2.78. The van der Waals surface area contributed by atoms with Crippen molar-refractivity contribution in [3.63, 3.8) is 0 Å². The summed E-state index contributed by atoms with van der Waals surface area (Å²) in [6.07, 6.45) is 7.75. The third-order valence-corrected chi connectivity index (χ3v) is 5.99. The van der Waals surface area contributed by atoms with Crippen molar-refractivity contribution in [2.75, 3.05) is 24.8 Å². The van der Waals surface area contributed by atoms with Gasteiger partial charge in [-0.3, -0.25) is 24.1 Å². The third kappa shape index (κ3) is 4.54. The van der Waals surface area contributed by atoms with Crippen LogP contribution in [0.5, 0.6) is 5.75 Å². The van der Waals surface area contributed by atoms with Gasteiger partial charge in [-0.05, 0) is 25.0 Å². The van der Waals surface area contributed by atoms with Gasteiger partial charge >= 0.3 is 0 Å². The summed E-state index contributed by atoms with van der Waals surface area (Å²) in [6, 6.07) is 5.00. The van der Waals surface area contributed by atoms with Crippen LogP contribution in [0.4, 0.5) is 0 Å². The van der Waals surface area contributed by atoms with Gasteiger partial charge in [-0.2, -0.15) is 0 Å². The van der Waals surface area contributed by atoms with E-state index >= 15 is 0 Å². The molecular formula is C22H22Cl2N4O4. The summed E-state index contributed by atoms with van der Waals surface area (Å²) in [7, 11) is 0. The zero-order valence-electron chi connectivity index (χ0n) is 17.4.